The van der Waals surface area contributed by atoms with Crippen LogP contribution in [0.3, 0.4) is 0 Å². The molecule has 2 heterocycles. The van der Waals surface area contributed by atoms with Gasteiger partial charge in [0.25, 0.3) is 5.91 Å². The third kappa shape index (κ3) is 3.01. The van der Waals surface area contributed by atoms with Crippen LogP contribution in [0, 0.1) is 6.92 Å². The quantitative estimate of drug-likeness (QED) is 0.943. The maximum absolute atomic E-state index is 12.1. The Balaban J connectivity index is 2.13. The Labute approximate surface area is 120 Å². The summed E-state index contributed by atoms with van der Waals surface area (Å²) in [6, 6.07) is 1.64. The molecular weight excluding hydrogens is 308 g/mol. The molecule has 1 atom stereocenters. The molecule has 2 rings (SSSR count). The van der Waals surface area contributed by atoms with Crippen LogP contribution < -0.4 is 5.32 Å². The average Bonchev–Trinajstić information content (AvgIpc) is 2.70. The predicted molar refractivity (Wildman–Crippen MR) is 75.8 cm³/mol. The van der Waals surface area contributed by atoms with Crippen molar-refractivity contribution in [2.24, 2.45) is 7.05 Å². The molecule has 0 fully saturated rings. The number of pyridine rings is 1. The van der Waals surface area contributed by atoms with Crippen molar-refractivity contribution < 1.29 is 4.79 Å². The Bertz CT molecular complexity index is 608. The second kappa shape index (κ2) is 5.52. The standard InChI is InChI=1S/C13H15BrN4O/c1-8(12-7-16-18(3)9(12)2)17-13(19)10-4-11(14)6-15-5-10/h4-8H,1-3H3,(H,17,19)/t8-/m0/s1. The van der Waals surface area contributed by atoms with Crippen LogP contribution >= 0.6 is 15.9 Å². The summed E-state index contributed by atoms with van der Waals surface area (Å²) in [7, 11) is 1.88. The molecule has 2 aromatic heterocycles. The third-order valence-electron chi connectivity index (χ3n) is 3.05. The molecule has 0 aliphatic carbocycles. The summed E-state index contributed by atoms with van der Waals surface area (Å²) in [6.07, 6.45) is 4.97. The first-order valence-corrected chi connectivity index (χ1v) is 6.68. The number of amides is 1. The summed E-state index contributed by atoms with van der Waals surface area (Å²) in [4.78, 5) is 16.1. The fourth-order valence-corrected chi connectivity index (χ4v) is 2.20. The fraction of sp³-hybridized carbons (Fsp3) is 0.308. The van der Waals surface area contributed by atoms with E-state index in [0.717, 1.165) is 15.7 Å². The van der Waals surface area contributed by atoms with Gasteiger partial charge in [0.2, 0.25) is 0 Å². The lowest BCUT2D eigenvalue weighted by molar-refractivity contribution is 0.0939. The van der Waals surface area contributed by atoms with E-state index in [-0.39, 0.29) is 11.9 Å². The van der Waals surface area contributed by atoms with Crippen molar-refractivity contribution in [3.8, 4) is 0 Å². The van der Waals surface area contributed by atoms with E-state index in [9.17, 15) is 4.79 Å². The molecule has 0 saturated heterocycles. The van der Waals surface area contributed by atoms with E-state index in [2.05, 4.69) is 31.3 Å². The SMILES string of the molecule is Cc1c([C@H](C)NC(=O)c2cncc(Br)c2)cnn1C. The lowest BCUT2D eigenvalue weighted by atomic mass is 10.1. The molecule has 100 valence electrons. The molecular formula is C13H15BrN4O. The number of hydrogen-bond acceptors (Lipinski definition) is 3. The Hall–Kier alpha value is -1.69. The fourth-order valence-electron chi connectivity index (χ4n) is 1.83. The van der Waals surface area contributed by atoms with E-state index in [0.29, 0.717) is 5.56 Å². The molecule has 0 saturated carbocycles. The summed E-state index contributed by atoms with van der Waals surface area (Å²) in [6.45, 7) is 3.92. The second-order valence-corrected chi connectivity index (χ2v) is 5.31. The number of carbonyl (C=O) groups excluding carboxylic acids is 1. The highest BCUT2D eigenvalue weighted by Crippen LogP contribution is 2.17. The molecule has 0 aromatic carbocycles. The van der Waals surface area contributed by atoms with E-state index < -0.39 is 0 Å². The lowest BCUT2D eigenvalue weighted by Gasteiger charge is -2.13. The minimum atomic E-state index is -0.149. The van der Waals surface area contributed by atoms with Crippen LogP contribution in [0.1, 0.15) is 34.6 Å². The zero-order valence-corrected chi connectivity index (χ0v) is 12.6. The highest BCUT2D eigenvalue weighted by atomic mass is 79.9. The smallest absolute Gasteiger partial charge is 0.253 e. The van der Waals surface area contributed by atoms with Crippen LogP contribution in [0.2, 0.25) is 0 Å². The predicted octanol–water partition coefficient (Wildman–Crippen LogP) is 2.38. The van der Waals surface area contributed by atoms with Gasteiger partial charge >= 0.3 is 0 Å². The van der Waals surface area contributed by atoms with Crippen molar-refractivity contribution in [3.05, 3.63) is 46.0 Å². The van der Waals surface area contributed by atoms with Gasteiger partial charge < -0.3 is 5.32 Å². The number of hydrogen-bond donors (Lipinski definition) is 1. The van der Waals surface area contributed by atoms with Gasteiger partial charge in [-0.25, -0.2) is 0 Å². The molecule has 0 aliphatic rings. The van der Waals surface area contributed by atoms with Crippen molar-refractivity contribution in [2.45, 2.75) is 19.9 Å². The zero-order valence-electron chi connectivity index (χ0n) is 11.0. The molecule has 6 heteroatoms. The summed E-state index contributed by atoms with van der Waals surface area (Å²) in [5, 5.41) is 7.12. The van der Waals surface area contributed by atoms with Crippen molar-refractivity contribution >= 4 is 21.8 Å². The first-order valence-electron chi connectivity index (χ1n) is 5.89. The Morgan fingerprint density at radius 2 is 2.16 bits per heavy atom. The number of nitrogens with one attached hydrogen (secondary N) is 1. The number of aromatic nitrogens is 3. The monoisotopic (exact) mass is 322 g/mol. The molecule has 5 nitrogen and oxygen atoms in total. The van der Waals surface area contributed by atoms with E-state index in [1.807, 2.05) is 20.9 Å². The number of aryl methyl sites for hydroxylation is 1. The van der Waals surface area contributed by atoms with Gasteiger partial charge in [-0.2, -0.15) is 5.10 Å². The molecule has 19 heavy (non-hydrogen) atoms. The highest BCUT2D eigenvalue weighted by molar-refractivity contribution is 9.10. The molecule has 0 bridgehead atoms. The first kappa shape index (κ1) is 13.7. The van der Waals surface area contributed by atoms with Gasteiger partial charge in [0.05, 0.1) is 17.8 Å². The van der Waals surface area contributed by atoms with E-state index in [4.69, 9.17) is 0 Å². The summed E-state index contributed by atoms with van der Waals surface area (Å²) in [5.41, 5.74) is 2.58. The van der Waals surface area contributed by atoms with Crippen molar-refractivity contribution in [1.29, 1.82) is 0 Å². The Morgan fingerprint density at radius 1 is 1.42 bits per heavy atom. The number of nitrogens with zero attached hydrogens (tertiary/aromatic N) is 3. The topological polar surface area (TPSA) is 59.8 Å². The van der Waals surface area contributed by atoms with Crippen LogP contribution in [0.25, 0.3) is 0 Å². The van der Waals surface area contributed by atoms with Crippen LogP contribution in [0.5, 0.6) is 0 Å². The summed E-state index contributed by atoms with van der Waals surface area (Å²) >= 11 is 3.30. The van der Waals surface area contributed by atoms with Gasteiger partial charge in [-0.15, -0.1) is 0 Å². The van der Waals surface area contributed by atoms with Gasteiger partial charge in [-0.3, -0.25) is 14.5 Å². The normalized spacial score (nSPS) is 12.2. The Morgan fingerprint density at radius 3 is 2.74 bits per heavy atom. The number of halogens is 1. The average molecular weight is 323 g/mol. The minimum absolute atomic E-state index is 0.0971. The molecule has 1 N–H and O–H groups in total. The van der Waals surface area contributed by atoms with Gasteiger partial charge in [0, 0.05) is 35.2 Å². The lowest BCUT2D eigenvalue weighted by Crippen LogP contribution is -2.27. The molecule has 0 unspecified atom stereocenters. The van der Waals surface area contributed by atoms with Crippen LogP contribution in [-0.4, -0.2) is 20.7 Å². The van der Waals surface area contributed by atoms with Crippen molar-refractivity contribution in [2.75, 3.05) is 0 Å². The molecule has 1 amide bonds. The van der Waals surface area contributed by atoms with E-state index in [1.165, 1.54) is 0 Å². The van der Waals surface area contributed by atoms with Gasteiger partial charge in [0.1, 0.15) is 0 Å². The molecule has 2 aromatic rings. The third-order valence-corrected chi connectivity index (χ3v) is 3.49. The molecule has 0 aliphatic heterocycles. The van der Waals surface area contributed by atoms with Crippen molar-refractivity contribution in [1.82, 2.24) is 20.1 Å². The zero-order chi connectivity index (χ0) is 14.0. The van der Waals surface area contributed by atoms with Crippen LogP contribution in [0.15, 0.2) is 29.1 Å². The first-order chi connectivity index (χ1) is 8.99. The minimum Gasteiger partial charge on any atom is -0.345 e. The Kier molecular flexibility index (Phi) is 3.99. The van der Waals surface area contributed by atoms with Crippen molar-refractivity contribution in [3.63, 3.8) is 0 Å². The maximum atomic E-state index is 12.1. The maximum Gasteiger partial charge on any atom is 0.253 e. The number of rotatable bonds is 3. The van der Waals surface area contributed by atoms with Crippen LogP contribution in [-0.2, 0) is 7.05 Å². The van der Waals surface area contributed by atoms with Gasteiger partial charge in [-0.1, -0.05) is 0 Å². The number of carbonyl (C=O) groups is 1. The highest BCUT2D eigenvalue weighted by Gasteiger charge is 2.15. The van der Waals surface area contributed by atoms with Gasteiger partial charge in [-0.05, 0) is 35.8 Å². The summed E-state index contributed by atoms with van der Waals surface area (Å²) in [5.74, 6) is -0.149. The largest absolute Gasteiger partial charge is 0.345 e. The van der Waals surface area contributed by atoms with E-state index >= 15 is 0 Å². The summed E-state index contributed by atoms with van der Waals surface area (Å²) < 4.78 is 2.57. The molecule has 0 radical (unpaired) electrons. The second-order valence-electron chi connectivity index (χ2n) is 4.40. The van der Waals surface area contributed by atoms with Crippen LogP contribution in [0.4, 0.5) is 0 Å². The van der Waals surface area contributed by atoms with E-state index in [1.54, 1.807) is 29.3 Å². The molecule has 0 spiro atoms. The van der Waals surface area contributed by atoms with Gasteiger partial charge in [0.15, 0.2) is 0 Å².